The Balaban J connectivity index is 1.42. The number of furan rings is 1. The number of hydrogen-bond acceptors (Lipinski definition) is 5. The molecule has 0 aliphatic carbocycles. The predicted octanol–water partition coefficient (Wildman–Crippen LogP) is 4.63. The van der Waals surface area contributed by atoms with Gasteiger partial charge in [0, 0.05) is 10.8 Å². The second-order valence-corrected chi connectivity index (χ2v) is 7.27. The monoisotopic (exact) mass is 402 g/mol. The molecule has 152 valence electrons. The maximum atomic E-state index is 12.6. The minimum Gasteiger partial charge on any atom is -0.459 e. The quantitative estimate of drug-likeness (QED) is 0.492. The van der Waals surface area contributed by atoms with Crippen LogP contribution in [0.15, 0.2) is 59.0 Å². The van der Waals surface area contributed by atoms with Gasteiger partial charge in [-0.3, -0.25) is 9.78 Å². The van der Waals surface area contributed by atoms with Gasteiger partial charge in [-0.1, -0.05) is 36.4 Å². The molecule has 0 spiro atoms. The highest BCUT2D eigenvalue weighted by atomic mass is 16.5. The summed E-state index contributed by atoms with van der Waals surface area (Å²) in [4.78, 5) is 29.4. The van der Waals surface area contributed by atoms with E-state index >= 15 is 0 Å². The summed E-state index contributed by atoms with van der Waals surface area (Å²) in [6.07, 6.45) is 0. The van der Waals surface area contributed by atoms with Crippen LogP contribution < -0.4 is 5.32 Å². The van der Waals surface area contributed by atoms with E-state index in [4.69, 9.17) is 9.15 Å². The van der Waals surface area contributed by atoms with Crippen LogP contribution in [0.1, 0.15) is 40.3 Å². The molecule has 1 atom stereocenters. The third kappa shape index (κ3) is 3.76. The lowest BCUT2D eigenvalue weighted by Gasteiger charge is -2.14. The van der Waals surface area contributed by atoms with Gasteiger partial charge in [0.25, 0.3) is 5.91 Å². The summed E-state index contributed by atoms with van der Waals surface area (Å²) in [7, 11) is 0. The van der Waals surface area contributed by atoms with Gasteiger partial charge in [-0.15, -0.1) is 0 Å². The number of fused-ring (bicyclic) bond motifs is 2. The number of nitrogens with one attached hydrogen (secondary N) is 1. The Morgan fingerprint density at radius 2 is 1.83 bits per heavy atom. The summed E-state index contributed by atoms with van der Waals surface area (Å²) in [5, 5.41) is 4.65. The lowest BCUT2D eigenvalue weighted by Crippen LogP contribution is -2.31. The molecule has 2 aromatic heterocycles. The Kier molecular flexibility index (Phi) is 5.23. The first kappa shape index (κ1) is 19.6. The van der Waals surface area contributed by atoms with Crippen LogP contribution in [-0.4, -0.2) is 23.5 Å². The number of carbonyl (C=O) groups is 2. The second-order valence-electron chi connectivity index (χ2n) is 7.27. The Morgan fingerprint density at radius 1 is 1.10 bits per heavy atom. The fraction of sp³-hybridized carbons (Fsp3) is 0.208. The third-order valence-electron chi connectivity index (χ3n) is 5.12. The van der Waals surface area contributed by atoms with Crippen LogP contribution in [0.25, 0.3) is 21.9 Å². The summed E-state index contributed by atoms with van der Waals surface area (Å²) in [6.45, 7) is 5.06. The number of aryl methyl sites for hydroxylation is 2. The molecule has 30 heavy (non-hydrogen) atoms. The SMILES string of the molecule is Cc1nc2ccccc2c(C)c1C(=O)OCC(=O)NC(C)c1cc2ccccc2o1. The number of esters is 1. The van der Waals surface area contributed by atoms with E-state index in [9.17, 15) is 9.59 Å². The van der Waals surface area contributed by atoms with E-state index < -0.39 is 11.9 Å². The standard InChI is InChI=1S/C24H22N2O4/c1-14-18-9-5-6-10-19(18)25-16(3)23(14)24(28)29-13-22(27)26-15(2)21-12-17-8-4-7-11-20(17)30-21/h4-12,15H,13H2,1-3H3,(H,26,27). The summed E-state index contributed by atoms with van der Waals surface area (Å²) in [5.41, 5.74) is 3.34. The van der Waals surface area contributed by atoms with Crippen LogP contribution in [0.4, 0.5) is 0 Å². The smallest absolute Gasteiger partial charge is 0.340 e. The number of hydrogen-bond donors (Lipinski definition) is 1. The summed E-state index contributed by atoms with van der Waals surface area (Å²) in [5.74, 6) is -0.323. The van der Waals surface area contributed by atoms with Crippen molar-refractivity contribution in [1.82, 2.24) is 10.3 Å². The fourth-order valence-corrected chi connectivity index (χ4v) is 3.60. The number of rotatable bonds is 5. The number of para-hydroxylation sites is 2. The first-order valence-electron chi connectivity index (χ1n) is 9.75. The lowest BCUT2D eigenvalue weighted by molar-refractivity contribution is -0.125. The number of nitrogens with zero attached hydrogens (tertiary/aromatic N) is 1. The zero-order valence-corrected chi connectivity index (χ0v) is 17.1. The summed E-state index contributed by atoms with van der Waals surface area (Å²) >= 11 is 0. The van der Waals surface area contributed by atoms with Gasteiger partial charge in [0.2, 0.25) is 0 Å². The van der Waals surface area contributed by atoms with Crippen molar-refractivity contribution in [3.8, 4) is 0 Å². The number of pyridine rings is 1. The Bertz CT molecular complexity index is 1230. The molecule has 4 rings (SSSR count). The highest BCUT2D eigenvalue weighted by Gasteiger charge is 2.20. The summed E-state index contributed by atoms with van der Waals surface area (Å²) in [6, 6.07) is 16.8. The highest BCUT2D eigenvalue weighted by Crippen LogP contribution is 2.24. The summed E-state index contributed by atoms with van der Waals surface area (Å²) < 4.78 is 11.0. The van der Waals surface area contributed by atoms with Crippen LogP contribution in [-0.2, 0) is 9.53 Å². The number of amides is 1. The van der Waals surface area contributed by atoms with Crippen molar-refractivity contribution < 1.29 is 18.7 Å². The molecule has 0 bridgehead atoms. The molecule has 0 saturated carbocycles. The van der Waals surface area contributed by atoms with Gasteiger partial charge >= 0.3 is 5.97 Å². The van der Waals surface area contributed by atoms with Crippen molar-refractivity contribution in [2.75, 3.05) is 6.61 Å². The molecule has 0 aliphatic heterocycles. The lowest BCUT2D eigenvalue weighted by atomic mass is 10.0. The number of ether oxygens (including phenoxy) is 1. The second kappa shape index (κ2) is 7.99. The van der Waals surface area contributed by atoms with Gasteiger partial charge in [-0.2, -0.15) is 0 Å². The van der Waals surface area contributed by atoms with E-state index in [0.717, 1.165) is 27.4 Å². The average Bonchev–Trinajstić information content (AvgIpc) is 3.17. The van der Waals surface area contributed by atoms with Crippen molar-refractivity contribution in [2.24, 2.45) is 0 Å². The van der Waals surface area contributed by atoms with Crippen LogP contribution in [0.2, 0.25) is 0 Å². The minimum absolute atomic E-state index is 0.352. The van der Waals surface area contributed by atoms with Crippen LogP contribution in [0, 0.1) is 13.8 Å². The van der Waals surface area contributed by atoms with E-state index in [1.165, 1.54) is 0 Å². The van der Waals surface area contributed by atoms with Gasteiger partial charge in [0.1, 0.15) is 11.3 Å². The molecule has 2 heterocycles. The Labute approximate surface area is 173 Å². The maximum Gasteiger partial charge on any atom is 0.340 e. The molecular weight excluding hydrogens is 380 g/mol. The largest absolute Gasteiger partial charge is 0.459 e. The van der Waals surface area contributed by atoms with Gasteiger partial charge in [-0.25, -0.2) is 4.79 Å². The van der Waals surface area contributed by atoms with E-state index in [1.807, 2.05) is 68.4 Å². The predicted molar refractivity (Wildman–Crippen MR) is 114 cm³/mol. The van der Waals surface area contributed by atoms with Gasteiger partial charge in [0.15, 0.2) is 6.61 Å². The topological polar surface area (TPSA) is 81.4 Å². The average molecular weight is 402 g/mol. The van der Waals surface area contributed by atoms with Crippen LogP contribution in [0.5, 0.6) is 0 Å². The molecule has 0 fully saturated rings. The van der Waals surface area contributed by atoms with Crippen molar-refractivity contribution in [3.63, 3.8) is 0 Å². The first-order chi connectivity index (χ1) is 14.4. The van der Waals surface area contributed by atoms with Crippen molar-refractivity contribution >= 4 is 33.7 Å². The zero-order valence-electron chi connectivity index (χ0n) is 17.1. The molecule has 1 amide bonds. The number of benzene rings is 2. The number of carbonyl (C=O) groups excluding carboxylic acids is 2. The first-order valence-corrected chi connectivity index (χ1v) is 9.75. The minimum atomic E-state index is -0.560. The van der Waals surface area contributed by atoms with Gasteiger partial charge < -0.3 is 14.5 Å². The van der Waals surface area contributed by atoms with Gasteiger partial charge in [0.05, 0.1) is 22.8 Å². The van der Waals surface area contributed by atoms with E-state index in [-0.39, 0.29) is 12.6 Å². The zero-order chi connectivity index (χ0) is 21.3. The van der Waals surface area contributed by atoms with E-state index in [2.05, 4.69) is 10.3 Å². The highest BCUT2D eigenvalue weighted by molar-refractivity contribution is 5.99. The van der Waals surface area contributed by atoms with Crippen molar-refractivity contribution in [1.29, 1.82) is 0 Å². The van der Waals surface area contributed by atoms with Gasteiger partial charge in [-0.05, 0) is 44.5 Å². The molecule has 6 heteroatoms. The molecule has 0 saturated heterocycles. The molecule has 0 radical (unpaired) electrons. The third-order valence-corrected chi connectivity index (χ3v) is 5.12. The van der Waals surface area contributed by atoms with Crippen LogP contribution in [0.3, 0.4) is 0 Å². The van der Waals surface area contributed by atoms with Crippen LogP contribution >= 0.6 is 0 Å². The van der Waals surface area contributed by atoms with E-state index in [0.29, 0.717) is 17.0 Å². The Morgan fingerprint density at radius 3 is 2.63 bits per heavy atom. The van der Waals surface area contributed by atoms with Crippen molar-refractivity contribution in [2.45, 2.75) is 26.8 Å². The van der Waals surface area contributed by atoms with E-state index in [1.54, 1.807) is 6.92 Å². The molecular formula is C24H22N2O4. The maximum absolute atomic E-state index is 12.6. The molecule has 1 unspecified atom stereocenters. The molecule has 0 aliphatic rings. The molecule has 6 nitrogen and oxygen atoms in total. The fourth-order valence-electron chi connectivity index (χ4n) is 3.60. The Hall–Kier alpha value is -3.67. The molecule has 4 aromatic rings. The van der Waals surface area contributed by atoms with Crippen molar-refractivity contribution in [3.05, 3.63) is 77.2 Å². The number of aromatic nitrogens is 1. The normalized spacial score (nSPS) is 12.1. The molecule has 1 N–H and O–H groups in total. The molecule has 2 aromatic carbocycles.